The number of anilines is 1. The van der Waals surface area contributed by atoms with E-state index in [9.17, 15) is 0 Å². The Morgan fingerprint density at radius 1 is 1.30 bits per heavy atom. The van der Waals surface area contributed by atoms with Gasteiger partial charge in [-0.2, -0.15) is 0 Å². The molecule has 3 rings (SSSR count). The van der Waals surface area contributed by atoms with Crippen molar-refractivity contribution < 1.29 is 0 Å². The number of guanidine groups is 1. The Balaban J connectivity index is 0.00000147. The predicted octanol–water partition coefficient (Wildman–Crippen LogP) is 3.93. The Bertz CT molecular complexity index is 475. The summed E-state index contributed by atoms with van der Waals surface area (Å²) in [5.74, 6) is 0.568. The minimum atomic E-state index is 0. The van der Waals surface area contributed by atoms with Crippen molar-refractivity contribution >= 4 is 35.6 Å². The van der Waals surface area contributed by atoms with Crippen LogP contribution in [0.3, 0.4) is 0 Å². The zero-order valence-corrected chi connectivity index (χ0v) is 14.4. The van der Waals surface area contributed by atoms with Crippen LogP contribution in [0.4, 0.5) is 5.69 Å². The molecule has 1 aromatic carbocycles. The van der Waals surface area contributed by atoms with Gasteiger partial charge < -0.3 is 11.1 Å². The first kappa shape index (κ1) is 15.6. The maximum atomic E-state index is 6.01. The molecule has 2 fully saturated rings. The van der Waals surface area contributed by atoms with Crippen molar-refractivity contribution in [1.82, 2.24) is 0 Å². The molecule has 1 aromatic rings. The summed E-state index contributed by atoms with van der Waals surface area (Å²) in [7, 11) is 0. The third-order valence-electron chi connectivity index (χ3n) is 4.68. The van der Waals surface area contributed by atoms with Crippen LogP contribution >= 0.6 is 24.0 Å². The molecule has 0 heterocycles. The molecule has 3 nitrogen and oxygen atoms in total. The van der Waals surface area contributed by atoms with E-state index in [-0.39, 0.29) is 24.0 Å². The van der Waals surface area contributed by atoms with Crippen LogP contribution < -0.4 is 11.1 Å². The lowest BCUT2D eigenvalue weighted by molar-refractivity contribution is 0.511. The van der Waals surface area contributed by atoms with E-state index in [1.54, 1.807) is 0 Å². The molecule has 2 aliphatic carbocycles. The van der Waals surface area contributed by atoms with Crippen molar-refractivity contribution in [2.75, 3.05) is 5.32 Å². The van der Waals surface area contributed by atoms with Gasteiger partial charge in [-0.3, -0.25) is 0 Å². The van der Waals surface area contributed by atoms with Gasteiger partial charge in [0.1, 0.15) is 0 Å². The number of rotatable bonds is 3. The van der Waals surface area contributed by atoms with Crippen LogP contribution in [0.1, 0.15) is 44.6 Å². The van der Waals surface area contributed by atoms with E-state index in [4.69, 9.17) is 5.73 Å². The Hall–Kier alpha value is -0.780. The number of nitrogens with one attached hydrogen (secondary N) is 1. The summed E-state index contributed by atoms with van der Waals surface area (Å²) in [6, 6.07) is 8.87. The Kier molecular flexibility index (Phi) is 4.94. The highest BCUT2D eigenvalue weighted by Gasteiger charge is 2.55. The summed E-state index contributed by atoms with van der Waals surface area (Å²) in [6.07, 6.45) is 7.74. The Labute approximate surface area is 138 Å². The minimum Gasteiger partial charge on any atom is -0.370 e. The molecular formula is C16H24IN3. The smallest absolute Gasteiger partial charge is 0.193 e. The fourth-order valence-electron chi connectivity index (χ4n) is 3.30. The quantitative estimate of drug-likeness (QED) is 0.471. The molecular weight excluding hydrogens is 361 g/mol. The summed E-state index contributed by atoms with van der Waals surface area (Å²) in [5, 5.41) is 3.20. The first-order chi connectivity index (χ1) is 9.22. The normalized spacial score (nSPS) is 23.4. The SMILES string of the molecule is CCc1ccc(NC(N)=NC2CC23CCCC3)cc1.I. The summed E-state index contributed by atoms with van der Waals surface area (Å²) >= 11 is 0. The van der Waals surface area contributed by atoms with Gasteiger partial charge in [-0.05, 0) is 48.8 Å². The van der Waals surface area contributed by atoms with Crippen LogP contribution in [0.15, 0.2) is 29.3 Å². The van der Waals surface area contributed by atoms with Gasteiger partial charge in [-0.1, -0.05) is 31.9 Å². The molecule has 0 amide bonds. The van der Waals surface area contributed by atoms with Gasteiger partial charge in [0, 0.05) is 5.69 Å². The van der Waals surface area contributed by atoms with Crippen molar-refractivity contribution in [2.24, 2.45) is 16.1 Å². The molecule has 1 spiro atoms. The largest absolute Gasteiger partial charge is 0.370 e. The molecule has 1 unspecified atom stereocenters. The molecule has 0 radical (unpaired) electrons. The summed E-state index contributed by atoms with van der Waals surface area (Å²) < 4.78 is 0. The number of hydrogen-bond donors (Lipinski definition) is 2. The van der Waals surface area contributed by atoms with Crippen LogP contribution in [0, 0.1) is 5.41 Å². The van der Waals surface area contributed by atoms with E-state index >= 15 is 0 Å². The molecule has 0 aromatic heterocycles. The van der Waals surface area contributed by atoms with Gasteiger partial charge in [0.15, 0.2) is 5.96 Å². The van der Waals surface area contributed by atoms with Gasteiger partial charge in [-0.25, -0.2) is 4.99 Å². The summed E-state index contributed by atoms with van der Waals surface area (Å²) in [4.78, 5) is 4.64. The lowest BCUT2D eigenvalue weighted by atomic mass is 10.1. The molecule has 110 valence electrons. The second kappa shape index (κ2) is 6.33. The van der Waals surface area contributed by atoms with E-state index in [2.05, 4.69) is 41.5 Å². The Morgan fingerprint density at radius 2 is 1.95 bits per heavy atom. The first-order valence-electron chi connectivity index (χ1n) is 7.41. The van der Waals surface area contributed by atoms with Crippen LogP contribution in [-0.2, 0) is 6.42 Å². The zero-order valence-electron chi connectivity index (χ0n) is 12.1. The van der Waals surface area contributed by atoms with Gasteiger partial charge in [-0.15, -0.1) is 24.0 Å². The Morgan fingerprint density at radius 3 is 2.55 bits per heavy atom. The minimum absolute atomic E-state index is 0. The third-order valence-corrected chi connectivity index (χ3v) is 4.68. The van der Waals surface area contributed by atoms with E-state index in [1.807, 2.05) is 0 Å². The van der Waals surface area contributed by atoms with Gasteiger partial charge in [0.2, 0.25) is 0 Å². The predicted molar refractivity (Wildman–Crippen MR) is 95.8 cm³/mol. The van der Waals surface area contributed by atoms with Crippen molar-refractivity contribution in [3.8, 4) is 0 Å². The average Bonchev–Trinajstić information content (AvgIpc) is 2.85. The van der Waals surface area contributed by atoms with E-state index in [0.29, 0.717) is 17.4 Å². The van der Waals surface area contributed by atoms with Gasteiger partial charge >= 0.3 is 0 Å². The van der Waals surface area contributed by atoms with Gasteiger partial charge in [0.25, 0.3) is 0 Å². The van der Waals surface area contributed by atoms with E-state index in [0.717, 1.165) is 12.1 Å². The average molecular weight is 385 g/mol. The van der Waals surface area contributed by atoms with Gasteiger partial charge in [0.05, 0.1) is 6.04 Å². The number of aliphatic imine (C=N–C) groups is 1. The molecule has 0 bridgehead atoms. The first-order valence-corrected chi connectivity index (χ1v) is 7.41. The molecule has 3 N–H and O–H groups in total. The second-order valence-electron chi connectivity index (χ2n) is 5.98. The van der Waals surface area contributed by atoms with Crippen molar-refractivity contribution in [2.45, 2.75) is 51.5 Å². The van der Waals surface area contributed by atoms with E-state index in [1.165, 1.54) is 37.7 Å². The van der Waals surface area contributed by atoms with E-state index < -0.39 is 0 Å². The number of nitrogens with two attached hydrogens (primary N) is 1. The van der Waals surface area contributed by atoms with Crippen molar-refractivity contribution in [3.05, 3.63) is 29.8 Å². The monoisotopic (exact) mass is 385 g/mol. The fraction of sp³-hybridized carbons (Fsp3) is 0.562. The molecule has 4 heteroatoms. The molecule has 1 atom stereocenters. The molecule has 0 aliphatic heterocycles. The topological polar surface area (TPSA) is 50.4 Å². The van der Waals surface area contributed by atoms with Crippen LogP contribution in [0.2, 0.25) is 0 Å². The summed E-state index contributed by atoms with van der Waals surface area (Å²) in [6.45, 7) is 2.16. The second-order valence-corrected chi connectivity index (χ2v) is 5.98. The third kappa shape index (κ3) is 3.27. The van der Waals surface area contributed by atoms with Crippen LogP contribution in [0.5, 0.6) is 0 Å². The van der Waals surface area contributed by atoms with Crippen LogP contribution in [-0.4, -0.2) is 12.0 Å². The van der Waals surface area contributed by atoms with Crippen molar-refractivity contribution in [3.63, 3.8) is 0 Å². The number of halogens is 1. The van der Waals surface area contributed by atoms with Crippen LogP contribution in [0.25, 0.3) is 0 Å². The zero-order chi connectivity index (χ0) is 13.3. The standard InChI is InChI=1S/C16H23N3.HI/c1-2-12-5-7-13(8-6-12)18-15(17)19-14-11-16(14)9-3-4-10-16;/h5-8,14H,2-4,9-11H2,1H3,(H3,17,18,19);1H. The number of aryl methyl sites for hydroxylation is 1. The highest BCUT2D eigenvalue weighted by Crippen LogP contribution is 2.59. The highest BCUT2D eigenvalue weighted by molar-refractivity contribution is 14.0. The molecule has 2 aliphatic rings. The number of benzene rings is 1. The molecule has 2 saturated carbocycles. The lowest BCUT2D eigenvalue weighted by Gasteiger charge is -2.08. The van der Waals surface area contributed by atoms with Crippen molar-refractivity contribution in [1.29, 1.82) is 0 Å². The number of hydrogen-bond acceptors (Lipinski definition) is 1. The number of nitrogens with zero attached hydrogens (tertiary/aromatic N) is 1. The molecule has 20 heavy (non-hydrogen) atoms. The lowest BCUT2D eigenvalue weighted by Crippen LogP contribution is -2.23. The molecule has 0 saturated heterocycles. The maximum Gasteiger partial charge on any atom is 0.193 e. The summed E-state index contributed by atoms with van der Waals surface area (Å²) in [5.41, 5.74) is 8.90. The maximum absolute atomic E-state index is 6.01. The fourth-order valence-corrected chi connectivity index (χ4v) is 3.30. The highest BCUT2D eigenvalue weighted by atomic mass is 127.